The molecule has 0 heterocycles. The fraction of sp³-hybridized carbons (Fsp3) is 0.381. The van der Waals surface area contributed by atoms with Gasteiger partial charge in [-0.2, -0.15) is 0 Å². The van der Waals surface area contributed by atoms with E-state index >= 15 is 0 Å². The molecule has 0 bridgehead atoms. The van der Waals surface area contributed by atoms with Crippen LogP contribution in [0.4, 0.5) is 0 Å². The number of hydrogen-bond donors (Lipinski definition) is 2. The first-order valence-corrected chi connectivity index (χ1v) is 10.9. The zero-order valence-corrected chi connectivity index (χ0v) is 18.4. The van der Waals surface area contributed by atoms with Crippen LogP contribution in [0.1, 0.15) is 23.6 Å². The maximum Gasteiger partial charge on any atom is 0.241 e. The molecule has 1 atom stereocenters. The van der Waals surface area contributed by atoms with Crippen LogP contribution in [0.25, 0.3) is 0 Å². The van der Waals surface area contributed by atoms with Crippen molar-refractivity contribution in [2.45, 2.75) is 24.3 Å². The fourth-order valence-electron chi connectivity index (χ4n) is 2.92. The van der Waals surface area contributed by atoms with Crippen LogP contribution in [0.3, 0.4) is 0 Å². The maximum absolute atomic E-state index is 13.0. The highest BCUT2D eigenvalue weighted by atomic mass is 32.2. The molecule has 8 nitrogen and oxygen atoms in total. The van der Waals surface area contributed by atoms with Crippen LogP contribution in [-0.4, -0.2) is 48.8 Å². The average Bonchev–Trinajstić information content (AvgIpc) is 2.73. The van der Waals surface area contributed by atoms with E-state index in [9.17, 15) is 13.2 Å². The molecule has 9 heteroatoms. The van der Waals surface area contributed by atoms with Gasteiger partial charge in [-0.1, -0.05) is 29.8 Å². The molecule has 0 radical (unpaired) electrons. The number of ether oxygens (including phenoxy) is 3. The molecule has 0 saturated heterocycles. The van der Waals surface area contributed by atoms with Crippen LogP contribution >= 0.6 is 0 Å². The van der Waals surface area contributed by atoms with Crippen molar-refractivity contribution in [3.63, 3.8) is 0 Å². The van der Waals surface area contributed by atoms with Gasteiger partial charge >= 0.3 is 0 Å². The van der Waals surface area contributed by atoms with Crippen molar-refractivity contribution in [3.8, 4) is 11.5 Å². The molecular weight excluding hydrogens is 408 g/mol. The summed E-state index contributed by atoms with van der Waals surface area (Å²) in [5, 5.41) is 2.71. The van der Waals surface area contributed by atoms with Crippen molar-refractivity contribution in [1.82, 2.24) is 10.0 Å². The average molecular weight is 437 g/mol. The zero-order valence-electron chi connectivity index (χ0n) is 17.6. The Morgan fingerprint density at radius 2 is 1.73 bits per heavy atom. The fourth-order valence-corrected chi connectivity index (χ4v) is 4.14. The number of para-hydroxylation sites is 1. The summed E-state index contributed by atoms with van der Waals surface area (Å²) in [6.45, 7) is 2.55. The highest BCUT2D eigenvalue weighted by molar-refractivity contribution is 7.89. The van der Waals surface area contributed by atoms with E-state index in [1.807, 2.05) is 6.92 Å². The van der Waals surface area contributed by atoms with Gasteiger partial charge in [0.15, 0.2) is 11.5 Å². The molecule has 0 aliphatic heterocycles. The second-order valence-corrected chi connectivity index (χ2v) is 8.33. The van der Waals surface area contributed by atoms with Crippen LogP contribution in [0.2, 0.25) is 0 Å². The van der Waals surface area contributed by atoms with E-state index in [2.05, 4.69) is 10.0 Å². The topological polar surface area (TPSA) is 103 Å². The molecule has 2 aromatic rings. The number of amides is 1. The Morgan fingerprint density at radius 1 is 1.03 bits per heavy atom. The molecule has 164 valence electrons. The number of aryl methyl sites for hydroxylation is 1. The van der Waals surface area contributed by atoms with Gasteiger partial charge in [-0.25, -0.2) is 13.1 Å². The molecule has 0 unspecified atom stereocenters. The summed E-state index contributed by atoms with van der Waals surface area (Å²) in [6.07, 6.45) is -0.127. The summed E-state index contributed by atoms with van der Waals surface area (Å²) in [6, 6.07) is 10.7. The Bertz CT molecular complexity index is 944. The summed E-state index contributed by atoms with van der Waals surface area (Å²) in [7, 11) is 0.597. The smallest absolute Gasteiger partial charge is 0.241 e. The highest BCUT2D eigenvalue weighted by Gasteiger charge is 2.27. The van der Waals surface area contributed by atoms with E-state index in [0.29, 0.717) is 30.2 Å². The minimum Gasteiger partial charge on any atom is -0.493 e. The summed E-state index contributed by atoms with van der Waals surface area (Å²) in [5.74, 6) is 0.476. The second kappa shape index (κ2) is 11.0. The van der Waals surface area contributed by atoms with Crippen molar-refractivity contribution in [2.75, 3.05) is 34.5 Å². The standard InChI is InChI=1S/C21H28N2O6S/c1-15-8-10-16(11-9-15)30(25,26)23-18(14-20(24)22-12-13-27-2)17-6-5-7-19(28-3)21(17)29-4/h5-11,18,23H,12-14H2,1-4H3,(H,22,24)/t18-/m1/s1. The lowest BCUT2D eigenvalue weighted by Gasteiger charge is -2.22. The highest BCUT2D eigenvalue weighted by Crippen LogP contribution is 2.36. The molecule has 0 spiro atoms. The molecule has 2 aromatic carbocycles. The molecule has 0 fully saturated rings. The molecule has 2 N–H and O–H groups in total. The van der Waals surface area contributed by atoms with Gasteiger partial charge in [0, 0.05) is 25.6 Å². The Balaban J connectivity index is 2.39. The number of nitrogens with one attached hydrogen (secondary N) is 2. The predicted molar refractivity (Wildman–Crippen MR) is 113 cm³/mol. The number of methoxy groups -OCH3 is 3. The van der Waals surface area contributed by atoms with Gasteiger partial charge in [-0.15, -0.1) is 0 Å². The first kappa shape index (κ1) is 23.7. The normalized spacial score (nSPS) is 12.3. The van der Waals surface area contributed by atoms with E-state index in [1.165, 1.54) is 33.5 Å². The largest absolute Gasteiger partial charge is 0.493 e. The number of carbonyl (C=O) groups excluding carboxylic acids is 1. The molecule has 30 heavy (non-hydrogen) atoms. The SMILES string of the molecule is COCCNC(=O)C[C@@H](NS(=O)(=O)c1ccc(C)cc1)c1cccc(OC)c1OC. The predicted octanol–water partition coefficient (Wildman–Crippen LogP) is 2.18. The van der Waals surface area contributed by atoms with Gasteiger partial charge in [0.2, 0.25) is 15.9 Å². The Labute approximate surface area is 177 Å². The van der Waals surface area contributed by atoms with Crippen molar-refractivity contribution in [3.05, 3.63) is 53.6 Å². The van der Waals surface area contributed by atoms with Crippen LogP contribution in [0, 0.1) is 6.92 Å². The lowest BCUT2D eigenvalue weighted by molar-refractivity contribution is -0.121. The quantitative estimate of drug-likeness (QED) is 0.524. The number of rotatable bonds is 11. The summed E-state index contributed by atoms with van der Waals surface area (Å²) in [5.41, 5.74) is 1.44. The van der Waals surface area contributed by atoms with E-state index < -0.39 is 16.1 Å². The van der Waals surface area contributed by atoms with Gasteiger partial charge in [0.25, 0.3) is 0 Å². The van der Waals surface area contributed by atoms with Crippen LogP contribution < -0.4 is 19.5 Å². The maximum atomic E-state index is 13.0. The van der Waals surface area contributed by atoms with Gasteiger partial charge in [-0.05, 0) is 25.1 Å². The lowest BCUT2D eigenvalue weighted by atomic mass is 10.0. The van der Waals surface area contributed by atoms with Crippen molar-refractivity contribution in [1.29, 1.82) is 0 Å². The Kier molecular flexibility index (Phi) is 8.64. The van der Waals surface area contributed by atoms with Crippen LogP contribution in [0.5, 0.6) is 11.5 Å². The van der Waals surface area contributed by atoms with Crippen molar-refractivity contribution < 1.29 is 27.4 Å². The molecule has 0 aromatic heterocycles. The minimum atomic E-state index is -3.89. The Morgan fingerprint density at radius 3 is 2.33 bits per heavy atom. The number of benzene rings is 2. The summed E-state index contributed by atoms with van der Waals surface area (Å²) >= 11 is 0. The van der Waals surface area contributed by atoms with Crippen LogP contribution in [0.15, 0.2) is 47.4 Å². The first-order chi connectivity index (χ1) is 14.3. The van der Waals surface area contributed by atoms with Gasteiger partial charge in [0.1, 0.15) is 0 Å². The van der Waals surface area contributed by atoms with E-state index in [0.717, 1.165) is 5.56 Å². The van der Waals surface area contributed by atoms with Crippen LogP contribution in [-0.2, 0) is 19.6 Å². The number of sulfonamides is 1. The number of carbonyl (C=O) groups is 1. The van der Waals surface area contributed by atoms with Crippen molar-refractivity contribution in [2.24, 2.45) is 0 Å². The monoisotopic (exact) mass is 436 g/mol. The van der Waals surface area contributed by atoms with E-state index in [1.54, 1.807) is 30.3 Å². The molecular formula is C21H28N2O6S. The third-order valence-corrected chi connectivity index (χ3v) is 5.94. The van der Waals surface area contributed by atoms with E-state index in [4.69, 9.17) is 14.2 Å². The first-order valence-electron chi connectivity index (χ1n) is 9.38. The van der Waals surface area contributed by atoms with Gasteiger partial charge in [0.05, 0.1) is 31.8 Å². The van der Waals surface area contributed by atoms with E-state index in [-0.39, 0.29) is 17.2 Å². The summed E-state index contributed by atoms with van der Waals surface area (Å²) < 4.78 is 44.3. The second-order valence-electron chi connectivity index (χ2n) is 6.62. The molecule has 0 aliphatic rings. The van der Waals surface area contributed by atoms with Gasteiger partial charge < -0.3 is 19.5 Å². The molecule has 2 rings (SSSR count). The third-order valence-electron chi connectivity index (χ3n) is 4.46. The Hall–Kier alpha value is -2.62. The summed E-state index contributed by atoms with van der Waals surface area (Å²) in [4.78, 5) is 12.6. The zero-order chi connectivity index (χ0) is 22.1. The van der Waals surface area contributed by atoms with Crippen molar-refractivity contribution >= 4 is 15.9 Å². The molecule has 1 amide bonds. The molecule has 0 aliphatic carbocycles. The molecule has 0 saturated carbocycles. The lowest BCUT2D eigenvalue weighted by Crippen LogP contribution is -2.35. The third kappa shape index (κ3) is 6.19. The van der Waals surface area contributed by atoms with Gasteiger partial charge in [-0.3, -0.25) is 4.79 Å². The number of hydrogen-bond acceptors (Lipinski definition) is 6. The minimum absolute atomic E-state index is 0.111.